The van der Waals surface area contributed by atoms with Crippen molar-refractivity contribution in [2.75, 3.05) is 0 Å². The molecule has 0 spiro atoms. The molecular weight excluding hydrogens is 233 g/mol. The van der Waals surface area contributed by atoms with Crippen LogP contribution < -0.4 is 5.32 Å². The van der Waals surface area contributed by atoms with Crippen molar-refractivity contribution >= 4 is 5.91 Å². The van der Waals surface area contributed by atoms with Crippen LogP contribution in [0.25, 0.3) is 0 Å². The molecule has 1 atom stereocenters. The van der Waals surface area contributed by atoms with Crippen LogP contribution in [0.3, 0.4) is 0 Å². The maximum absolute atomic E-state index is 12.8. The average molecular weight is 247 g/mol. The molecule has 0 aliphatic rings. The van der Waals surface area contributed by atoms with Crippen LogP contribution in [0.2, 0.25) is 0 Å². The highest BCUT2D eigenvalue weighted by Gasteiger charge is 2.14. The number of aryl methyl sites for hydroxylation is 1. The number of halogens is 1. The highest BCUT2D eigenvalue weighted by Crippen LogP contribution is 2.15. The molecule has 1 heterocycles. The lowest BCUT2D eigenvalue weighted by molar-refractivity contribution is 0.0938. The number of rotatable bonds is 3. The van der Waals surface area contributed by atoms with Gasteiger partial charge in [0.25, 0.3) is 5.91 Å². The largest absolute Gasteiger partial charge is 0.469 e. The number of carbonyl (C=O) groups excluding carboxylic acids is 1. The molecule has 2 rings (SSSR count). The van der Waals surface area contributed by atoms with Crippen LogP contribution in [0.1, 0.15) is 34.6 Å². The van der Waals surface area contributed by atoms with Gasteiger partial charge in [0.1, 0.15) is 11.6 Å². The Bertz CT molecular complexity index is 545. The zero-order chi connectivity index (χ0) is 13.1. The molecule has 0 aliphatic heterocycles. The van der Waals surface area contributed by atoms with Gasteiger partial charge in [-0.1, -0.05) is 12.1 Å². The van der Waals surface area contributed by atoms with Gasteiger partial charge < -0.3 is 9.73 Å². The minimum Gasteiger partial charge on any atom is -0.469 e. The third kappa shape index (κ3) is 2.59. The van der Waals surface area contributed by atoms with E-state index < -0.39 is 0 Å². The third-order valence-electron chi connectivity index (χ3n) is 2.82. The van der Waals surface area contributed by atoms with E-state index in [2.05, 4.69) is 5.32 Å². The topological polar surface area (TPSA) is 42.2 Å². The van der Waals surface area contributed by atoms with Gasteiger partial charge in [-0.2, -0.15) is 0 Å². The Balaban J connectivity index is 2.08. The second kappa shape index (κ2) is 5.04. The summed E-state index contributed by atoms with van der Waals surface area (Å²) in [6.07, 6.45) is 1.48. The summed E-state index contributed by atoms with van der Waals surface area (Å²) < 4.78 is 17.9. The van der Waals surface area contributed by atoms with Crippen LogP contribution in [0.15, 0.2) is 41.0 Å². The number of carbonyl (C=O) groups is 1. The molecule has 1 aromatic carbocycles. The predicted octanol–water partition coefficient (Wildman–Crippen LogP) is 3.22. The van der Waals surface area contributed by atoms with Crippen LogP contribution in [0, 0.1) is 12.7 Å². The van der Waals surface area contributed by atoms with E-state index in [0.29, 0.717) is 11.3 Å². The molecule has 3 nitrogen and oxygen atoms in total. The summed E-state index contributed by atoms with van der Waals surface area (Å²) in [6, 6.07) is 7.50. The molecule has 4 heteroatoms. The summed E-state index contributed by atoms with van der Waals surface area (Å²) in [5.74, 6) is 0.0971. The maximum atomic E-state index is 12.8. The van der Waals surface area contributed by atoms with Gasteiger partial charge in [0.2, 0.25) is 0 Å². The molecule has 1 amide bonds. The molecule has 0 fully saturated rings. The maximum Gasteiger partial charge on any atom is 0.255 e. The van der Waals surface area contributed by atoms with E-state index in [1.807, 2.05) is 6.92 Å². The van der Waals surface area contributed by atoms with Gasteiger partial charge in [-0.3, -0.25) is 4.79 Å². The highest BCUT2D eigenvalue weighted by atomic mass is 19.1. The first-order chi connectivity index (χ1) is 8.58. The van der Waals surface area contributed by atoms with E-state index in [1.165, 1.54) is 18.4 Å². The highest BCUT2D eigenvalue weighted by molar-refractivity contribution is 5.95. The van der Waals surface area contributed by atoms with Crippen molar-refractivity contribution in [3.8, 4) is 0 Å². The Labute approximate surface area is 105 Å². The molecule has 0 radical (unpaired) electrons. The Morgan fingerprint density at radius 2 is 1.94 bits per heavy atom. The summed E-state index contributed by atoms with van der Waals surface area (Å²) in [6.45, 7) is 3.58. The fourth-order valence-corrected chi connectivity index (χ4v) is 1.73. The van der Waals surface area contributed by atoms with Crippen molar-refractivity contribution in [1.82, 2.24) is 5.32 Å². The van der Waals surface area contributed by atoms with Crippen LogP contribution >= 0.6 is 0 Å². The summed E-state index contributed by atoms with van der Waals surface area (Å²) >= 11 is 0. The average Bonchev–Trinajstić information content (AvgIpc) is 2.76. The number of amides is 1. The third-order valence-corrected chi connectivity index (χ3v) is 2.82. The Morgan fingerprint density at radius 3 is 2.50 bits per heavy atom. The van der Waals surface area contributed by atoms with Crippen LogP contribution in [-0.2, 0) is 0 Å². The normalized spacial score (nSPS) is 12.2. The lowest BCUT2D eigenvalue weighted by Crippen LogP contribution is -2.26. The van der Waals surface area contributed by atoms with E-state index in [-0.39, 0.29) is 17.8 Å². The van der Waals surface area contributed by atoms with Crippen LogP contribution in [0.5, 0.6) is 0 Å². The lowest BCUT2D eigenvalue weighted by Gasteiger charge is -2.13. The quantitative estimate of drug-likeness (QED) is 0.904. The second-order valence-corrected chi connectivity index (χ2v) is 4.14. The predicted molar refractivity (Wildman–Crippen MR) is 65.7 cm³/mol. The first-order valence-electron chi connectivity index (χ1n) is 5.68. The van der Waals surface area contributed by atoms with E-state index in [1.54, 1.807) is 25.1 Å². The number of furan rings is 1. The molecule has 1 aromatic heterocycles. The molecule has 0 saturated heterocycles. The molecule has 2 aromatic rings. The van der Waals surface area contributed by atoms with Crippen LogP contribution in [0.4, 0.5) is 4.39 Å². The lowest BCUT2D eigenvalue weighted by atomic mass is 10.1. The zero-order valence-corrected chi connectivity index (χ0v) is 10.2. The van der Waals surface area contributed by atoms with Crippen molar-refractivity contribution in [2.24, 2.45) is 0 Å². The molecule has 0 aliphatic carbocycles. The van der Waals surface area contributed by atoms with Gasteiger partial charge in [0.05, 0.1) is 17.9 Å². The summed E-state index contributed by atoms with van der Waals surface area (Å²) in [5.41, 5.74) is 1.37. The number of hydrogen-bond acceptors (Lipinski definition) is 2. The van der Waals surface area contributed by atoms with Crippen molar-refractivity contribution in [3.05, 3.63) is 59.3 Å². The number of benzene rings is 1. The van der Waals surface area contributed by atoms with Crippen molar-refractivity contribution in [2.45, 2.75) is 19.9 Å². The fraction of sp³-hybridized carbons (Fsp3) is 0.214. The number of hydrogen-bond donors (Lipinski definition) is 1. The molecule has 94 valence electrons. The van der Waals surface area contributed by atoms with Crippen molar-refractivity contribution < 1.29 is 13.6 Å². The van der Waals surface area contributed by atoms with Gasteiger partial charge in [-0.05, 0) is 37.6 Å². The summed E-state index contributed by atoms with van der Waals surface area (Å²) in [4.78, 5) is 11.9. The van der Waals surface area contributed by atoms with Gasteiger partial charge in [0, 0.05) is 0 Å². The Morgan fingerprint density at radius 1 is 1.28 bits per heavy atom. The minimum absolute atomic E-state index is 0.188. The monoisotopic (exact) mass is 247 g/mol. The molecule has 0 saturated carbocycles. The first kappa shape index (κ1) is 12.4. The Hall–Kier alpha value is -2.10. The smallest absolute Gasteiger partial charge is 0.255 e. The standard InChI is InChI=1S/C14H14FNO2/c1-9(11-3-5-12(15)6-4-11)16-14(17)13-7-8-18-10(13)2/h3-9H,1-2H3,(H,16,17). The fourth-order valence-electron chi connectivity index (χ4n) is 1.73. The van der Waals surface area contributed by atoms with Crippen molar-refractivity contribution in [3.63, 3.8) is 0 Å². The number of nitrogens with one attached hydrogen (secondary N) is 1. The zero-order valence-electron chi connectivity index (χ0n) is 10.2. The second-order valence-electron chi connectivity index (χ2n) is 4.14. The van der Waals surface area contributed by atoms with E-state index in [0.717, 1.165) is 5.56 Å². The van der Waals surface area contributed by atoms with Crippen LogP contribution in [-0.4, -0.2) is 5.91 Å². The molecule has 1 N–H and O–H groups in total. The van der Waals surface area contributed by atoms with Gasteiger partial charge in [-0.15, -0.1) is 0 Å². The molecule has 18 heavy (non-hydrogen) atoms. The van der Waals surface area contributed by atoms with E-state index >= 15 is 0 Å². The first-order valence-corrected chi connectivity index (χ1v) is 5.68. The summed E-state index contributed by atoms with van der Waals surface area (Å²) in [7, 11) is 0. The van der Waals surface area contributed by atoms with Gasteiger partial charge in [-0.25, -0.2) is 4.39 Å². The van der Waals surface area contributed by atoms with Crippen molar-refractivity contribution in [1.29, 1.82) is 0 Å². The minimum atomic E-state index is -0.289. The summed E-state index contributed by atoms with van der Waals surface area (Å²) in [5, 5.41) is 2.84. The van der Waals surface area contributed by atoms with Gasteiger partial charge >= 0.3 is 0 Å². The molecular formula is C14H14FNO2. The molecule has 0 bridgehead atoms. The molecule has 1 unspecified atom stereocenters. The van der Waals surface area contributed by atoms with E-state index in [4.69, 9.17) is 4.42 Å². The SMILES string of the molecule is Cc1occc1C(=O)NC(C)c1ccc(F)cc1. The van der Waals surface area contributed by atoms with E-state index in [9.17, 15) is 9.18 Å². The Kier molecular flexibility index (Phi) is 3.46. The van der Waals surface area contributed by atoms with Gasteiger partial charge in [0.15, 0.2) is 0 Å².